The first-order valence-corrected chi connectivity index (χ1v) is 6.35. The lowest BCUT2D eigenvalue weighted by Crippen LogP contribution is -2.48. The van der Waals surface area contributed by atoms with Crippen molar-refractivity contribution in [3.05, 3.63) is 0 Å². The van der Waals surface area contributed by atoms with Crippen LogP contribution in [0.15, 0.2) is 0 Å². The topological polar surface area (TPSA) is 52.7 Å². The first kappa shape index (κ1) is 14.4. The zero-order chi connectivity index (χ0) is 12.5. The van der Waals surface area contributed by atoms with Gasteiger partial charge in [0.1, 0.15) is 0 Å². The Morgan fingerprint density at radius 3 is 2.47 bits per heavy atom. The van der Waals surface area contributed by atoms with E-state index in [0.29, 0.717) is 12.8 Å². The van der Waals surface area contributed by atoms with Gasteiger partial charge in [-0.1, -0.05) is 0 Å². The molecule has 1 aliphatic heterocycles. The van der Waals surface area contributed by atoms with Gasteiger partial charge in [0.15, 0.2) is 0 Å². The fourth-order valence-corrected chi connectivity index (χ4v) is 2.03. The second-order valence-corrected chi connectivity index (χ2v) is 4.38. The molecule has 0 saturated carbocycles. The lowest BCUT2D eigenvalue weighted by atomic mass is 10.2. The Morgan fingerprint density at radius 1 is 1.18 bits per heavy atom. The quantitative estimate of drug-likeness (QED) is 0.607. The molecule has 17 heavy (non-hydrogen) atoms. The normalized spacial score (nSPS) is 17.4. The molecule has 1 fully saturated rings. The largest absolute Gasteiger partial charge is 0.385 e. The summed E-state index contributed by atoms with van der Waals surface area (Å²) in [6, 6.07) is 0. The summed E-state index contributed by atoms with van der Waals surface area (Å²) >= 11 is 0. The molecule has 0 N–H and O–H groups in total. The number of hydrogen-bond donors (Lipinski definition) is 0. The van der Waals surface area contributed by atoms with E-state index in [1.165, 1.54) is 0 Å². The molecule has 0 atom stereocenters. The Morgan fingerprint density at radius 2 is 1.88 bits per heavy atom. The monoisotopic (exact) mass is 243 g/mol. The maximum atomic E-state index is 11.7. The fraction of sp³-hybridized carbons (Fsp3) is 0.917. The zero-order valence-corrected chi connectivity index (χ0v) is 10.7. The van der Waals surface area contributed by atoms with Crippen LogP contribution in [0.5, 0.6) is 0 Å². The van der Waals surface area contributed by atoms with E-state index < -0.39 is 0 Å². The molecule has 1 rings (SSSR count). The molecule has 0 aromatic carbocycles. The molecule has 1 saturated heterocycles. The molecule has 0 spiro atoms. The number of hydrogen-bond acceptors (Lipinski definition) is 3. The van der Waals surface area contributed by atoms with Gasteiger partial charge in [-0.05, 0) is 12.8 Å². The van der Waals surface area contributed by atoms with Crippen LogP contribution in [0, 0.1) is 0 Å². The summed E-state index contributed by atoms with van der Waals surface area (Å²) in [7, 11) is 1.71. The van der Waals surface area contributed by atoms with Gasteiger partial charge in [0.25, 0.3) is 0 Å². The average Bonchev–Trinajstić information content (AvgIpc) is 2.37. The molecular weight excluding hydrogens is 220 g/mol. The van der Waals surface area contributed by atoms with Crippen LogP contribution >= 0.6 is 0 Å². The summed E-state index contributed by atoms with van der Waals surface area (Å²) in [6.07, 6.45) is 1.92. The molecule has 1 heterocycles. The highest BCUT2D eigenvalue weighted by atomic mass is 16.5. The summed E-state index contributed by atoms with van der Waals surface area (Å²) < 4.78 is 5.02. The number of ether oxygens (including phenoxy) is 1. The fourth-order valence-electron chi connectivity index (χ4n) is 2.03. The van der Waals surface area contributed by atoms with E-state index in [-0.39, 0.29) is 12.5 Å². The maximum Gasteiger partial charge on any atom is 0.222 e. The van der Waals surface area contributed by atoms with E-state index in [1.54, 1.807) is 7.11 Å². The number of carbonyl (C=O) groups is 1. The highest BCUT2D eigenvalue weighted by Crippen LogP contribution is 2.05. The van der Waals surface area contributed by atoms with Crippen LogP contribution in [0.3, 0.4) is 0 Å². The number of carbonyl (C=O) groups excluding carboxylic acids is 1. The van der Waals surface area contributed by atoms with Gasteiger partial charge in [-0.25, -0.2) is 5.11 Å². The Kier molecular flexibility index (Phi) is 7.16. The summed E-state index contributed by atoms with van der Waals surface area (Å²) in [5, 5.41) is 10.3. The summed E-state index contributed by atoms with van der Waals surface area (Å²) in [4.78, 5) is 15.9. The van der Waals surface area contributed by atoms with Crippen LogP contribution < -0.4 is 0 Å². The molecule has 0 unspecified atom stereocenters. The van der Waals surface area contributed by atoms with Crippen LogP contribution in [0.25, 0.3) is 0 Å². The van der Waals surface area contributed by atoms with Gasteiger partial charge in [0, 0.05) is 52.9 Å². The highest BCUT2D eigenvalue weighted by Gasteiger charge is 2.19. The van der Waals surface area contributed by atoms with E-state index >= 15 is 0 Å². The van der Waals surface area contributed by atoms with Gasteiger partial charge in [-0.3, -0.25) is 9.69 Å². The third kappa shape index (κ3) is 5.48. The third-order valence-electron chi connectivity index (χ3n) is 3.08. The minimum absolute atomic E-state index is 0.136. The molecule has 1 amide bonds. The second-order valence-electron chi connectivity index (χ2n) is 4.38. The van der Waals surface area contributed by atoms with Crippen molar-refractivity contribution < 1.29 is 14.6 Å². The number of rotatable bonds is 7. The SMILES string of the molecule is COCCCN1CCN(C(=O)CCC[O])CC1. The summed E-state index contributed by atoms with van der Waals surface area (Å²) in [6.45, 7) is 5.15. The van der Waals surface area contributed by atoms with E-state index in [1.807, 2.05) is 4.90 Å². The van der Waals surface area contributed by atoms with Crippen molar-refractivity contribution in [1.82, 2.24) is 9.80 Å². The number of nitrogens with zero attached hydrogens (tertiary/aromatic N) is 2. The van der Waals surface area contributed by atoms with Crippen LogP contribution in [0.4, 0.5) is 0 Å². The average molecular weight is 243 g/mol. The Balaban J connectivity index is 2.14. The van der Waals surface area contributed by atoms with Gasteiger partial charge in [-0.15, -0.1) is 0 Å². The van der Waals surface area contributed by atoms with Crippen LogP contribution in [0.1, 0.15) is 19.3 Å². The summed E-state index contributed by atoms with van der Waals surface area (Å²) in [5.41, 5.74) is 0. The molecule has 0 aliphatic carbocycles. The first-order valence-electron chi connectivity index (χ1n) is 6.35. The number of methoxy groups -OCH3 is 1. The second kappa shape index (κ2) is 8.44. The van der Waals surface area contributed by atoms with Crippen LogP contribution in [0.2, 0.25) is 0 Å². The van der Waals surface area contributed by atoms with Gasteiger partial charge in [-0.2, -0.15) is 0 Å². The zero-order valence-electron chi connectivity index (χ0n) is 10.7. The van der Waals surface area contributed by atoms with Crippen molar-refractivity contribution in [3.63, 3.8) is 0 Å². The molecule has 99 valence electrons. The maximum absolute atomic E-state index is 11.7. The predicted octanol–water partition coefficient (Wildman–Crippen LogP) is 0.378. The van der Waals surface area contributed by atoms with Crippen LogP contribution in [-0.2, 0) is 14.6 Å². The Hall–Kier alpha value is -0.650. The van der Waals surface area contributed by atoms with Gasteiger partial charge in [0.05, 0.1) is 6.61 Å². The van der Waals surface area contributed by atoms with Crippen LogP contribution in [-0.4, -0.2) is 68.8 Å². The highest BCUT2D eigenvalue weighted by molar-refractivity contribution is 5.76. The van der Waals surface area contributed by atoms with Crippen molar-refractivity contribution in [2.45, 2.75) is 19.3 Å². The van der Waals surface area contributed by atoms with Gasteiger partial charge < -0.3 is 9.64 Å². The van der Waals surface area contributed by atoms with Crippen molar-refractivity contribution >= 4 is 5.91 Å². The predicted molar refractivity (Wildman–Crippen MR) is 64.3 cm³/mol. The minimum Gasteiger partial charge on any atom is -0.385 e. The van der Waals surface area contributed by atoms with Gasteiger partial charge in [0.2, 0.25) is 5.91 Å². The Bertz CT molecular complexity index is 216. The van der Waals surface area contributed by atoms with Crippen molar-refractivity contribution in [2.75, 3.05) is 53.0 Å². The summed E-state index contributed by atoms with van der Waals surface area (Å²) in [5.74, 6) is 0.136. The number of piperazine rings is 1. The van der Waals surface area contributed by atoms with E-state index in [2.05, 4.69) is 4.90 Å². The molecule has 0 aromatic heterocycles. The molecule has 5 heteroatoms. The van der Waals surface area contributed by atoms with Crippen molar-refractivity contribution in [1.29, 1.82) is 0 Å². The third-order valence-corrected chi connectivity index (χ3v) is 3.08. The first-order chi connectivity index (χ1) is 8.27. The van der Waals surface area contributed by atoms with Gasteiger partial charge >= 0.3 is 0 Å². The molecule has 1 aliphatic rings. The lowest BCUT2D eigenvalue weighted by Gasteiger charge is -2.34. The van der Waals surface area contributed by atoms with Crippen molar-refractivity contribution in [2.24, 2.45) is 0 Å². The van der Waals surface area contributed by atoms with Crippen molar-refractivity contribution in [3.8, 4) is 0 Å². The molecule has 0 bridgehead atoms. The minimum atomic E-state index is -0.150. The molecule has 0 aromatic rings. The Labute approximate surface area is 103 Å². The van der Waals surface area contributed by atoms with E-state index in [4.69, 9.17) is 4.74 Å². The number of amides is 1. The standard InChI is InChI=1S/C12H23N2O3/c1-17-11-3-5-13-6-8-14(9-7-13)12(16)4-2-10-15/h2-11H2,1H3. The van der Waals surface area contributed by atoms with E-state index in [0.717, 1.165) is 45.8 Å². The molecule has 1 radical (unpaired) electrons. The lowest BCUT2D eigenvalue weighted by molar-refractivity contribution is -0.133. The molecule has 5 nitrogen and oxygen atoms in total. The van der Waals surface area contributed by atoms with E-state index in [9.17, 15) is 9.90 Å². The smallest absolute Gasteiger partial charge is 0.222 e. The molecular formula is C12H23N2O3.